The van der Waals surface area contributed by atoms with Crippen molar-refractivity contribution in [3.63, 3.8) is 0 Å². The Labute approximate surface area is 82.1 Å². The van der Waals surface area contributed by atoms with E-state index in [9.17, 15) is 0 Å². The van der Waals surface area contributed by atoms with Gasteiger partial charge in [-0.25, -0.2) is 0 Å². The average Bonchev–Trinajstić information content (AvgIpc) is 2.01. The average molecular weight is 184 g/mol. The summed E-state index contributed by atoms with van der Waals surface area (Å²) in [6.07, 6.45) is 3.44. The van der Waals surface area contributed by atoms with Gasteiger partial charge in [-0.3, -0.25) is 0 Å². The minimum absolute atomic E-state index is 0.147. The van der Waals surface area contributed by atoms with Gasteiger partial charge in [-0.1, -0.05) is 27.7 Å². The minimum atomic E-state index is 0.147. The molecule has 2 unspecified atom stereocenters. The fraction of sp³-hybridized carbons (Fsp3) is 1.00. The molecule has 0 aliphatic heterocycles. The first-order valence-electron chi connectivity index (χ1n) is 5.26. The van der Waals surface area contributed by atoms with Crippen LogP contribution < -0.4 is 11.5 Å². The van der Waals surface area contributed by atoms with E-state index in [1.54, 1.807) is 0 Å². The Balaban J connectivity index is 2.84. The van der Waals surface area contributed by atoms with Crippen LogP contribution in [-0.4, -0.2) is 12.1 Å². The molecule has 0 heterocycles. The van der Waals surface area contributed by atoms with E-state index in [0.717, 1.165) is 6.42 Å². The third-order valence-electron chi connectivity index (χ3n) is 3.45. The maximum absolute atomic E-state index is 6.15. The molecule has 1 saturated carbocycles. The molecule has 78 valence electrons. The number of hydrogen-bond acceptors (Lipinski definition) is 2. The van der Waals surface area contributed by atoms with Crippen molar-refractivity contribution in [3.8, 4) is 0 Å². The van der Waals surface area contributed by atoms with Gasteiger partial charge in [0.25, 0.3) is 0 Å². The minimum Gasteiger partial charge on any atom is -0.326 e. The quantitative estimate of drug-likeness (QED) is 0.565. The standard InChI is InChI=1S/C11H24N2/c1-10(2)6-5-8(12)9(13)11(3,4)7-10/h8-9H,5-7,12-13H2,1-4H3. The molecule has 1 fully saturated rings. The molecule has 0 saturated heterocycles. The van der Waals surface area contributed by atoms with Gasteiger partial charge in [0.15, 0.2) is 0 Å². The van der Waals surface area contributed by atoms with Gasteiger partial charge >= 0.3 is 0 Å². The van der Waals surface area contributed by atoms with Gasteiger partial charge in [0.05, 0.1) is 0 Å². The van der Waals surface area contributed by atoms with Crippen LogP contribution in [0.5, 0.6) is 0 Å². The van der Waals surface area contributed by atoms with Crippen LogP contribution in [-0.2, 0) is 0 Å². The Kier molecular flexibility index (Phi) is 2.75. The van der Waals surface area contributed by atoms with Crippen molar-refractivity contribution in [1.29, 1.82) is 0 Å². The summed E-state index contributed by atoms with van der Waals surface area (Å²) in [5.74, 6) is 0. The lowest BCUT2D eigenvalue weighted by molar-refractivity contribution is 0.176. The molecule has 0 aromatic rings. The summed E-state index contributed by atoms with van der Waals surface area (Å²) < 4.78 is 0. The van der Waals surface area contributed by atoms with E-state index in [-0.39, 0.29) is 17.5 Å². The Morgan fingerprint density at radius 2 is 1.62 bits per heavy atom. The van der Waals surface area contributed by atoms with E-state index in [0.29, 0.717) is 5.41 Å². The van der Waals surface area contributed by atoms with Crippen molar-refractivity contribution in [1.82, 2.24) is 0 Å². The van der Waals surface area contributed by atoms with Crippen molar-refractivity contribution < 1.29 is 0 Å². The van der Waals surface area contributed by atoms with Gasteiger partial charge in [0.1, 0.15) is 0 Å². The van der Waals surface area contributed by atoms with Crippen LogP contribution in [0.25, 0.3) is 0 Å². The molecule has 1 rings (SSSR count). The maximum atomic E-state index is 6.15. The second-order valence-corrected chi connectivity index (χ2v) is 6.06. The molecule has 0 amide bonds. The molecule has 0 radical (unpaired) electrons. The van der Waals surface area contributed by atoms with Crippen molar-refractivity contribution in [2.24, 2.45) is 22.3 Å². The largest absolute Gasteiger partial charge is 0.326 e. The highest BCUT2D eigenvalue weighted by molar-refractivity contribution is 4.96. The second-order valence-electron chi connectivity index (χ2n) is 6.06. The molecule has 1 aliphatic rings. The van der Waals surface area contributed by atoms with Gasteiger partial charge in [-0.2, -0.15) is 0 Å². The molecule has 2 atom stereocenters. The first-order chi connectivity index (χ1) is 5.75. The summed E-state index contributed by atoms with van der Waals surface area (Å²) in [6.45, 7) is 9.12. The third kappa shape index (κ3) is 2.44. The lowest BCUT2D eigenvalue weighted by Gasteiger charge is -2.36. The molecule has 0 aromatic heterocycles. The number of rotatable bonds is 0. The van der Waals surface area contributed by atoms with Gasteiger partial charge in [0, 0.05) is 12.1 Å². The fourth-order valence-electron chi connectivity index (χ4n) is 2.76. The van der Waals surface area contributed by atoms with Crippen LogP contribution in [0.3, 0.4) is 0 Å². The SMILES string of the molecule is CC1(C)CCC(N)C(N)C(C)(C)C1. The maximum Gasteiger partial charge on any atom is 0.0244 e. The predicted molar refractivity (Wildman–Crippen MR) is 57.4 cm³/mol. The fourth-order valence-corrected chi connectivity index (χ4v) is 2.76. The van der Waals surface area contributed by atoms with E-state index in [2.05, 4.69) is 27.7 Å². The topological polar surface area (TPSA) is 52.0 Å². The van der Waals surface area contributed by atoms with Crippen LogP contribution in [0, 0.1) is 10.8 Å². The first-order valence-corrected chi connectivity index (χ1v) is 5.26. The summed E-state index contributed by atoms with van der Waals surface area (Å²) in [5.41, 5.74) is 12.8. The van der Waals surface area contributed by atoms with Crippen molar-refractivity contribution in [2.75, 3.05) is 0 Å². The zero-order valence-electron chi connectivity index (χ0n) is 9.43. The normalized spacial score (nSPS) is 38.3. The Bertz CT molecular complexity index is 185. The summed E-state index contributed by atoms with van der Waals surface area (Å²) in [4.78, 5) is 0. The Morgan fingerprint density at radius 3 is 2.15 bits per heavy atom. The molecular formula is C11H24N2. The van der Waals surface area contributed by atoms with Crippen LogP contribution >= 0.6 is 0 Å². The van der Waals surface area contributed by atoms with Crippen LogP contribution in [0.1, 0.15) is 47.0 Å². The van der Waals surface area contributed by atoms with Crippen LogP contribution in [0.4, 0.5) is 0 Å². The molecule has 2 nitrogen and oxygen atoms in total. The Morgan fingerprint density at radius 1 is 1.08 bits per heavy atom. The van der Waals surface area contributed by atoms with Crippen molar-refractivity contribution in [2.45, 2.75) is 59.0 Å². The van der Waals surface area contributed by atoms with Gasteiger partial charge in [0.2, 0.25) is 0 Å². The van der Waals surface area contributed by atoms with E-state index in [4.69, 9.17) is 11.5 Å². The van der Waals surface area contributed by atoms with E-state index >= 15 is 0 Å². The molecule has 4 N–H and O–H groups in total. The predicted octanol–water partition coefficient (Wildman–Crippen LogP) is 1.88. The smallest absolute Gasteiger partial charge is 0.0244 e. The molecule has 0 bridgehead atoms. The zero-order valence-corrected chi connectivity index (χ0v) is 9.43. The first kappa shape index (κ1) is 11.0. The van der Waals surface area contributed by atoms with Crippen molar-refractivity contribution in [3.05, 3.63) is 0 Å². The monoisotopic (exact) mass is 184 g/mol. The number of nitrogens with two attached hydrogens (primary N) is 2. The zero-order chi connectivity index (χ0) is 10.3. The van der Waals surface area contributed by atoms with Crippen molar-refractivity contribution >= 4 is 0 Å². The number of hydrogen-bond donors (Lipinski definition) is 2. The molecule has 0 spiro atoms. The van der Waals surface area contributed by atoms with Crippen LogP contribution in [0.2, 0.25) is 0 Å². The summed E-state index contributed by atoms with van der Waals surface area (Å²) in [5, 5.41) is 0. The highest BCUT2D eigenvalue weighted by Crippen LogP contribution is 2.42. The highest BCUT2D eigenvalue weighted by Gasteiger charge is 2.39. The second kappa shape index (κ2) is 3.25. The molecule has 0 aromatic carbocycles. The van der Waals surface area contributed by atoms with Gasteiger partial charge < -0.3 is 11.5 Å². The Hall–Kier alpha value is -0.0800. The van der Waals surface area contributed by atoms with Gasteiger partial charge in [-0.05, 0) is 30.1 Å². The van der Waals surface area contributed by atoms with E-state index in [1.807, 2.05) is 0 Å². The molecule has 2 heteroatoms. The van der Waals surface area contributed by atoms with E-state index < -0.39 is 0 Å². The summed E-state index contributed by atoms with van der Waals surface area (Å²) >= 11 is 0. The van der Waals surface area contributed by atoms with E-state index in [1.165, 1.54) is 12.8 Å². The molecule has 13 heavy (non-hydrogen) atoms. The highest BCUT2D eigenvalue weighted by atomic mass is 14.8. The molecular weight excluding hydrogens is 160 g/mol. The third-order valence-corrected chi connectivity index (χ3v) is 3.45. The lowest BCUT2D eigenvalue weighted by Crippen LogP contribution is -2.49. The van der Waals surface area contributed by atoms with Gasteiger partial charge in [-0.15, -0.1) is 0 Å². The lowest BCUT2D eigenvalue weighted by atomic mass is 9.72. The molecule has 1 aliphatic carbocycles. The summed E-state index contributed by atoms with van der Waals surface area (Å²) in [7, 11) is 0. The summed E-state index contributed by atoms with van der Waals surface area (Å²) in [6, 6.07) is 0.325. The van der Waals surface area contributed by atoms with Crippen LogP contribution in [0.15, 0.2) is 0 Å².